The molecule has 1 aromatic heterocycles. The van der Waals surface area contributed by atoms with Crippen LogP contribution in [-0.4, -0.2) is 12.5 Å². The van der Waals surface area contributed by atoms with Gasteiger partial charge in [-0.3, -0.25) is 10.2 Å². The van der Waals surface area contributed by atoms with Crippen molar-refractivity contribution >= 4 is 12.0 Å². The molecule has 2 rings (SSSR count). The van der Waals surface area contributed by atoms with Gasteiger partial charge in [0.1, 0.15) is 0 Å². The van der Waals surface area contributed by atoms with Gasteiger partial charge in [0.15, 0.2) is 5.76 Å². The molecule has 0 spiro atoms. The second-order valence-corrected chi connectivity index (χ2v) is 4.08. The molecule has 3 N–H and O–H groups in total. The highest BCUT2D eigenvalue weighted by atomic mass is 16.5. The summed E-state index contributed by atoms with van der Waals surface area (Å²) >= 11 is 0. The molecule has 1 heterocycles. The average Bonchev–Trinajstić information content (AvgIpc) is 2.95. The van der Waals surface area contributed by atoms with E-state index < -0.39 is 5.91 Å². The van der Waals surface area contributed by atoms with Crippen LogP contribution in [0.2, 0.25) is 0 Å². The van der Waals surface area contributed by atoms with Gasteiger partial charge in [-0.25, -0.2) is 5.84 Å². The summed E-state index contributed by atoms with van der Waals surface area (Å²) in [7, 11) is 0. The molecule has 2 aromatic rings. The normalized spacial score (nSPS) is 10.8. The van der Waals surface area contributed by atoms with E-state index >= 15 is 0 Å². The lowest BCUT2D eigenvalue weighted by Gasteiger charge is -2.01. The first-order valence-corrected chi connectivity index (χ1v) is 6.18. The number of furan rings is 1. The van der Waals surface area contributed by atoms with Crippen LogP contribution < -0.4 is 11.3 Å². The molecule has 20 heavy (non-hydrogen) atoms. The van der Waals surface area contributed by atoms with Crippen molar-refractivity contribution in [3.8, 4) is 0 Å². The van der Waals surface area contributed by atoms with E-state index in [0.29, 0.717) is 18.8 Å². The van der Waals surface area contributed by atoms with Crippen molar-refractivity contribution in [1.29, 1.82) is 0 Å². The number of ether oxygens (including phenoxy) is 1. The Morgan fingerprint density at radius 2 is 2.10 bits per heavy atom. The number of benzene rings is 1. The monoisotopic (exact) mass is 272 g/mol. The molecule has 0 saturated heterocycles. The van der Waals surface area contributed by atoms with Crippen LogP contribution in [-0.2, 0) is 11.3 Å². The van der Waals surface area contributed by atoms with E-state index in [1.165, 1.54) is 6.26 Å². The highest BCUT2D eigenvalue weighted by Gasteiger charge is 2.13. The smallest absolute Gasteiger partial charge is 0.301 e. The Kier molecular flexibility index (Phi) is 5.11. The van der Waals surface area contributed by atoms with E-state index in [0.717, 1.165) is 5.56 Å². The summed E-state index contributed by atoms with van der Waals surface area (Å²) in [5.74, 6) is 4.78. The second-order valence-electron chi connectivity index (χ2n) is 4.08. The maximum absolute atomic E-state index is 11.4. The van der Waals surface area contributed by atoms with Gasteiger partial charge in [0.2, 0.25) is 0 Å². The molecule has 0 aliphatic heterocycles. The molecule has 5 nitrogen and oxygen atoms in total. The van der Waals surface area contributed by atoms with Gasteiger partial charge in [-0.05, 0) is 11.6 Å². The zero-order valence-electron chi connectivity index (χ0n) is 10.9. The molecule has 0 saturated carbocycles. The molecular formula is C15H16N2O3. The molecule has 0 atom stereocenters. The Hall–Kier alpha value is -2.37. The summed E-state index contributed by atoms with van der Waals surface area (Å²) in [6.45, 7) is 0.738. The molecule has 0 radical (unpaired) electrons. The molecule has 0 aliphatic carbocycles. The van der Waals surface area contributed by atoms with Gasteiger partial charge in [-0.1, -0.05) is 42.5 Å². The predicted octanol–water partition coefficient (Wildman–Crippen LogP) is 2.11. The van der Waals surface area contributed by atoms with Crippen molar-refractivity contribution in [2.45, 2.75) is 6.61 Å². The van der Waals surface area contributed by atoms with Gasteiger partial charge in [0, 0.05) is 5.56 Å². The number of nitrogens with one attached hydrogen (secondary N) is 1. The van der Waals surface area contributed by atoms with E-state index in [4.69, 9.17) is 15.0 Å². The number of nitrogen functional groups attached to an aromatic ring is 1. The van der Waals surface area contributed by atoms with E-state index in [1.54, 1.807) is 6.07 Å². The predicted molar refractivity (Wildman–Crippen MR) is 75.5 cm³/mol. The highest BCUT2D eigenvalue weighted by Crippen LogP contribution is 2.11. The molecular weight excluding hydrogens is 256 g/mol. The number of carbonyl (C=O) groups excluding carboxylic acids is 1. The quantitative estimate of drug-likeness (QED) is 0.365. The molecule has 0 fully saturated rings. The number of hydrazine groups is 1. The van der Waals surface area contributed by atoms with Crippen LogP contribution in [0.1, 0.15) is 21.7 Å². The fourth-order valence-electron chi connectivity index (χ4n) is 1.70. The number of carbonyl (C=O) groups is 1. The van der Waals surface area contributed by atoms with Gasteiger partial charge in [0.05, 0.1) is 19.5 Å². The number of hydrogen-bond donors (Lipinski definition) is 2. The minimum atomic E-state index is -0.464. The van der Waals surface area contributed by atoms with Crippen LogP contribution in [0.3, 0.4) is 0 Å². The molecule has 0 aliphatic rings. The van der Waals surface area contributed by atoms with Gasteiger partial charge in [-0.2, -0.15) is 0 Å². The molecule has 0 unspecified atom stereocenters. The van der Waals surface area contributed by atoms with E-state index in [2.05, 4.69) is 0 Å². The SMILES string of the molecule is NNC(=O)c1occc1COCC=Cc1ccccc1. The first-order chi connectivity index (χ1) is 9.81. The Bertz CT molecular complexity index is 576. The lowest BCUT2D eigenvalue weighted by atomic mass is 10.2. The fourth-order valence-corrected chi connectivity index (χ4v) is 1.70. The molecule has 1 aromatic carbocycles. The minimum absolute atomic E-state index is 0.180. The zero-order valence-corrected chi connectivity index (χ0v) is 10.9. The largest absolute Gasteiger partial charge is 0.459 e. The minimum Gasteiger partial charge on any atom is -0.459 e. The maximum atomic E-state index is 11.4. The second kappa shape index (κ2) is 7.28. The Balaban J connectivity index is 1.81. The summed E-state index contributed by atoms with van der Waals surface area (Å²) in [6.07, 6.45) is 5.32. The summed E-state index contributed by atoms with van der Waals surface area (Å²) in [6, 6.07) is 11.6. The Morgan fingerprint density at radius 3 is 2.85 bits per heavy atom. The lowest BCUT2D eigenvalue weighted by molar-refractivity contribution is 0.0916. The zero-order chi connectivity index (χ0) is 14.2. The Morgan fingerprint density at radius 1 is 1.30 bits per heavy atom. The van der Waals surface area contributed by atoms with Crippen LogP contribution >= 0.6 is 0 Å². The lowest BCUT2D eigenvalue weighted by Crippen LogP contribution is -2.30. The highest BCUT2D eigenvalue weighted by molar-refractivity contribution is 5.92. The first-order valence-electron chi connectivity index (χ1n) is 6.18. The van der Waals surface area contributed by atoms with Crippen molar-refractivity contribution < 1.29 is 13.9 Å². The van der Waals surface area contributed by atoms with Crippen molar-refractivity contribution in [2.24, 2.45) is 5.84 Å². The van der Waals surface area contributed by atoms with Crippen LogP contribution in [0.4, 0.5) is 0 Å². The molecule has 0 bridgehead atoms. The number of nitrogens with two attached hydrogens (primary N) is 1. The number of amides is 1. The van der Waals surface area contributed by atoms with Gasteiger partial charge in [-0.15, -0.1) is 0 Å². The van der Waals surface area contributed by atoms with Gasteiger partial charge < -0.3 is 9.15 Å². The van der Waals surface area contributed by atoms with Crippen molar-refractivity contribution in [1.82, 2.24) is 5.43 Å². The molecule has 1 amide bonds. The summed E-state index contributed by atoms with van der Waals surface area (Å²) in [5.41, 5.74) is 3.81. The summed E-state index contributed by atoms with van der Waals surface area (Å²) in [4.78, 5) is 11.4. The van der Waals surface area contributed by atoms with Crippen LogP contribution in [0.5, 0.6) is 0 Å². The van der Waals surface area contributed by atoms with Gasteiger partial charge >= 0.3 is 5.91 Å². The average molecular weight is 272 g/mol. The van der Waals surface area contributed by atoms with E-state index in [1.807, 2.05) is 47.9 Å². The third-order valence-corrected chi connectivity index (χ3v) is 2.67. The fraction of sp³-hybridized carbons (Fsp3) is 0.133. The van der Waals surface area contributed by atoms with Crippen molar-refractivity contribution in [3.63, 3.8) is 0 Å². The number of rotatable bonds is 6. The topological polar surface area (TPSA) is 77.5 Å². The van der Waals surface area contributed by atoms with Crippen molar-refractivity contribution in [3.05, 3.63) is 65.6 Å². The summed E-state index contributed by atoms with van der Waals surface area (Å²) in [5, 5.41) is 0. The van der Waals surface area contributed by atoms with Gasteiger partial charge in [0.25, 0.3) is 0 Å². The first kappa shape index (κ1) is 14.0. The third kappa shape index (κ3) is 3.81. The van der Waals surface area contributed by atoms with E-state index in [9.17, 15) is 4.79 Å². The molecule has 5 heteroatoms. The van der Waals surface area contributed by atoms with Crippen LogP contribution in [0.15, 0.2) is 53.2 Å². The number of hydrogen-bond acceptors (Lipinski definition) is 4. The maximum Gasteiger partial charge on any atom is 0.301 e. The van der Waals surface area contributed by atoms with E-state index in [-0.39, 0.29) is 5.76 Å². The van der Waals surface area contributed by atoms with Crippen LogP contribution in [0, 0.1) is 0 Å². The summed E-state index contributed by atoms with van der Waals surface area (Å²) < 4.78 is 10.5. The van der Waals surface area contributed by atoms with Crippen LogP contribution in [0.25, 0.3) is 6.08 Å². The molecule has 104 valence electrons. The standard InChI is InChI=1S/C15H16N2O3/c16-17-15(18)14-13(8-10-20-14)11-19-9-4-7-12-5-2-1-3-6-12/h1-8,10H,9,11,16H2,(H,17,18). The van der Waals surface area contributed by atoms with Crippen molar-refractivity contribution in [2.75, 3.05) is 6.61 Å². The third-order valence-electron chi connectivity index (χ3n) is 2.67. The Labute approximate surface area is 117 Å².